The zero-order valence-electron chi connectivity index (χ0n) is 11.9. The molecule has 1 aliphatic heterocycles. The molecule has 102 valence electrons. The molecule has 3 rings (SSSR count). The molecule has 0 aromatic heterocycles. The molecule has 0 unspecified atom stereocenters. The number of carbonyl (C=O) groups excluding carboxylic acids is 1. The fraction of sp³-hybridized carbons (Fsp3) is 0.588. The van der Waals surface area contributed by atoms with Gasteiger partial charge in [-0.05, 0) is 25.7 Å². The summed E-state index contributed by atoms with van der Waals surface area (Å²) in [6.45, 7) is 17.0. The minimum absolute atomic E-state index is 0.00556. The van der Waals surface area contributed by atoms with Crippen LogP contribution in [0.5, 0.6) is 0 Å². The molecule has 4 atom stereocenters. The van der Waals surface area contributed by atoms with Crippen LogP contribution in [0.2, 0.25) is 0 Å². The topological polar surface area (TPSA) is 26.3 Å². The summed E-state index contributed by atoms with van der Waals surface area (Å²) >= 11 is 0. The van der Waals surface area contributed by atoms with Crippen LogP contribution in [0.25, 0.3) is 0 Å². The summed E-state index contributed by atoms with van der Waals surface area (Å²) in [6.07, 6.45) is 3.84. The highest BCUT2D eigenvalue weighted by Crippen LogP contribution is 2.66. The minimum Gasteiger partial charge on any atom is -0.457 e. The van der Waals surface area contributed by atoms with Crippen LogP contribution in [-0.2, 0) is 9.53 Å². The van der Waals surface area contributed by atoms with Gasteiger partial charge in [0.2, 0.25) is 0 Å². The number of hydrogen-bond acceptors (Lipinski definition) is 2. The Morgan fingerprint density at radius 2 is 1.84 bits per heavy atom. The maximum absolute atomic E-state index is 11.9. The first kappa shape index (κ1) is 12.7. The summed E-state index contributed by atoms with van der Waals surface area (Å²) in [7, 11) is 0. The Morgan fingerprint density at radius 3 is 2.53 bits per heavy atom. The lowest BCUT2D eigenvalue weighted by Gasteiger charge is -2.45. The molecule has 2 aliphatic carbocycles. The molecule has 0 amide bonds. The van der Waals surface area contributed by atoms with Crippen molar-refractivity contribution >= 4 is 5.97 Å². The van der Waals surface area contributed by atoms with Crippen molar-refractivity contribution in [1.82, 2.24) is 0 Å². The van der Waals surface area contributed by atoms with Gasteiger partial charge in [0.15, 0.2) is 0 Å². The standard InChI is InChI=1S/C17H22O2/c1-10-6-7-13-12(3)15(18)19-14(13)17(5)11(2)8-9-16(10,17)4/h13-14H,1-3,6-9H2,4-5H3/t13-,14-,16-,17+/m0/s1. The second-order valence-corrected chi connectivity index (χ2v) is 6.74. The van der Waals surface area contributed by atoms with E-state index in [1.165, 1.54) is 11.1 Å². The van der Waals surface area contributed by atoms with Crippen molar-refractivity contribution in [3.8, 4) is 0 Å². The molecule has 2 heteroatoms. The Kier molecular flexibility index (Phi) is 2.42. The van der Waals surface area contributed by atoms with Gasteiger partial charge in [-0.2, -0.15) is 0 Å². The number of esters is 1. The molecule has 3 aliphatic rings. The van der Waals surface area contributed by atoms with Gasteiger partial charge < -0.3 is 4.74 Å². The molecule has 0 aromatic carbocycles. The lowest BCUT2D eigenvalue weighted by atomic mass is 9.60. The molecule has 19 heavy (non-hydrogen) atoms. The summed E-state index contributed by atoms with van der Waals surface area (Å²) in [5.41, 5.74) is 2.93. The van der Waals surface area contributed by atoms with E-state index in [0.29, 0.717) is 5.57 Å². The van der Waals surface area contributed by atoms with Crippen molar-refractivity contribution in [1.29, 1.82) is 0 Å². The van der Waals surface area contributed by atoms with Crippen LogP contribution in [0.3, 0.4) is 0 Å². The van der Waals surface area contributed by atoms with Gasteiger partial charge in [0.05, 0.1) is 0 Å². The van der Waals surface area contributed by atoms with Crippen molar-refractivity contribution in [3.05, 3.63) is 36.5 Å². The predicted octanol–water partition coefficient (Wildman–Crippen LogP) is 3.80. The lowest BCUT2D eigenvalue weighted by molar-refractivity contribution is -0.145. The van der Waals surface area contributed by atoms with Crippen LogP contribution < -0.4 is 0 Å². The Hall–Kier alpha value is -1.31. The molecule has 1 heterocycles. The van der Waals surface area contributed by atoms with Crippen molar-refractivity contribution in [2.24, 2.45) is 16.7 Å². The molecule has 2 nitrogen and oxygen atoms in total. The SMILES string of the molecule is C=C1C(=O)O[C@H]2[C@H]1CCC(=C)[C@]1(C)CCC(=C)[C@]21C. The number of carbonyl (C=O) groups is 1. The zero-order chi connectivity index (χ0) is 14.0. The van der Waals surface area contributed by atoms with E-state index in [1.807, 2.05) is 0 Å². The Morgan fingerprint density at radius 1 is 1.16 bits per heavy atom. The van der Waals surface area contributed by atoms with Crippen molar-refractivity contribution in [3.63, 3.8) is 0 Å². The van der Waals surface area contributed by atoms with Gasteiger partial charge in [-0.15, -0.1) is 0 Å². The fourth-order valence-corrected chi connectivity index (χ4v) is 4.43. The van der Waals surface area contributed by atoms with Crippen LogP contribution in [0.15, 0.2) is 36.5 Å². The predicted molar refractivity (Wildman–Crippen MR) is 75.5 cm³/mol. The number of allylic oxidation sites excluding steroid dienone is 1. The minimum atomic E-state index is -0.217. The number of rotatable bonds is 0. The molecular formula is C17H22O2. The maximum Gasteiger partial charge on any atom is 0.334 e. The van der Waals surface area contributed by atoms with Crippen LogP contribution >= 0.6 is 0 Å². The smallest absolute Gasteiger partial charge is 0.334 e. The first-order valence-corrected chi connectivity index (χ1v) is 7.08. The van der Waals surface area contributed by atoms with E-state index in [0.717, 1.165) is 25.7 Å². The van der Waals surface area contributed by atoms with E-state index in [4.69, 9.17) is 4.74 Å². The average Bonchev–Trinajstić information content (AvgIpc) is 2.76. The van der Waals surface area contributed by atoms with Crippen molar-refractivity contribution < 1.29 is 9.53 Å². The highest BCUT2D eigenvalue weighted by Gasteiger charge is 2.63. The van der Waals surface area contributed by atoms with E-state index in [-0.39, 0.29) is 28.8 Å². The van der Waals surface area contributed by atoms with Crippen LogP contribution in [0.4, 0.5) is 0 Å². The molecule has 1 saturated heterocycles. The van der Waals surface area contributed by atoms with Crippen LogP contribution in [0, 0.1) is 16.7 Å². The van der Waals surface area contributed by atoms with Gasteiger partial charge in [-0.3, -0.25) is 0 Å². The molecule has 0 radical (unpaired) electrons. The molecule has 2 saturated carbocycles. The monoisotopic (exact) mass is 258 g/mol. The summed E-state index contributed by atoms with van der Waals surface area (Å²) in [6, 6.07) is 0. The maximum atomic E-state index is 11.9. The molecule has 0 N–H and O–H groups in total. The number of fused-ring (bicyclic) bond motifs is 3. The second kappa shape index (κ2) is 3.62. The molecular weight excluding hydrogens is 236 g/mol. The third-order valence-electron chi connectivity index (χ3n) is 6.22. The molecule has 0 bridgehead atoms. The second-order valence-electron chi connectivity index (χ2n) is 6.74. The van der Waals surface area contributed by atoms with E-state index in [1.54, 1.807) is 0 Å². The Bertz CT molecular complexity index is 515. The van der Waals surface area contributed by atoms with Gasteiger partial charge in [0, 0.05) is 22.3 Å². The summed E-state index contributed by atoms with van der Waals surface area (Å²) in [5, 5.41) is 0. The zero-order valence-corrected chi connectivity index (χ0v) is 11.9. The van der Waals surface area contributed by atoms with Crippen LogP contribution in [-0.4, -0.2) is 12.1 Å². The van der Waals surface area contributed by atoms with Gasteiger partial charge in [0.25, 0.3) is 0 Å². The van der Waals surface area contributed by atoms with E-state index in [2.05, 4.69) is 33.6 Å². The van der Waals surface area contributed by atoms with E-state index < -0.39 is 0 Å². The number of ether oxygens (including phenoxy) is 1. The first-order chi connectivity index (χ1) is 8.82. The molecule has 3 fully saturated rings. The lowest BCUT2D eigenvalue weighted by Crippen LogP contribution is -2.45. The normalized spacial score (nSPS) is 45.8. The molecule has 0 aromatic rings. The average molecular weight is 258 g/mol. The number of hydrogen-bond donors (Lipinski definition) is 0. The van der Waals surface area contributed by atoms with Crippen LogP contribution in [0.1, 0.15) is 39.5 Å². The summed E-state index contributed by atoms with van der Waals surface area (Å²) in [5.74, 6) is -0.0864. The van der Waals surface area contributed by atoms with Gasteiger partial charge >= 0.3 is 5.97 Å². The quantitative estimate of drug-likeness (QED) is 0.375. The Balaban J connectivity index is 2.17. The van der Waals surface area contributed by atoms with Gasteiger partial charge in [0.1, 0.15) is 6.10 Å². The Labute approximate surface area is 115 Å². The largest absolute Gasteiger partial charge is 0.457 e. The van der Waals surface area contributed by atoms with E-state index >= 15 is 0 Å². The van der Waals surface area contributed by atoms with Gasteiger partial charge in [-0.1, -0.05) is 44.7 Å². The first-order valence-electron chi connectivity index (χ1n) is 7.08. The summed E-state index contributed by atoms with van der Waals surface area (Å²) < 4.78 is 5.72. The van der Waals surface area contributed by atoms with E-state index in [9.17, 15) is 4.79 Å². The fourth-order valence-electron chi connectivity index (χ4n) is 4.43. The van der Waals surface area contributed by atoms with Crippen molar-refractivity contribution in [2.45, 2.75) is 45.6 Å². The highest BCUT2D eigenvalue weighted by atomic mass is 16.6. The van der Waals surface area contributed by atoms with Gasteiger partial charge in [-0.25, -0.2) is 4.79 Å². The summed E-state index contributed by atoms with van der Waals surface area (Å²) in [4.78, 5) is 11.9. The molecule has 0 spiro atoms. The van der Waals surface area contributed by atoms with Crippen molar-refractivity contribution in [2.75, 3.05) is 0 Å². The third-order valence-corrected chi connectivity index (χ3v) is 6.22. The highest BCUT2D eigenvalue weighted by molar-refractivity contribution is 5.91. The third kappa shape index (κ3) is 1.30.